The summed E-state index contributed by atoms with van der Waals surface area (Å²) in [4.78, 5) is 12.2. The molecule has 0 bridgehead atoms. The summed E-state index contributed by atoms with van der Waals surface area (Å²) in [5.74, 6) is 1.26. The fourth-order valence-electron chi connectivity index (χ4n) is 3.18. The summed E-state index contributed by atoms with van der Waals surface area (Å²) in [6.07, 6.45) is 1.01. The molecule has 18 heavy (non-hydrogen) atoms. The van der Waals surface area contributed by atoms with Crippen molar-refractivity contribution < 1.29 is 9.53 Å². The van der Waals surface area contributed by atoms with E-state index in [0.717, 1.165) is 30.9 Å². The van der Waals surface area contributed by atoms with E-state index in [1.54, 1.807) is 7.11 Å². The molecule has 1 aromatic carbocycles. The van der Waals surface area contributed by atoms with Gasteiger partial charge in [-0.15, -0.1) is 0 Å². The van der Waals surface area contributed by atoms with Gasteiger partial charge in [0.25, 0.3) is 0 Å². The first-order chi connectivity index (χ1) is 8.72. The van der Waals surface area contributed by atoms with E-state index in [2.05, 4.69) is 23.6 Å². The molecule has 0 aromatic heterocycles. The summed E-state index contributed by atoms with van der Waals surface area (Å²) in [5.41, 5.74) is 3.38. The molecule has 1 aromatic rings. The highest BCUT2D eigenvalue weighted by atomic mass is 16.5. The van der Waals surface area contributed by atoms with Crippen molar-refractivity contribution in [3.8, 4) is 5.75 Å². The van der Waals surface area contributed by atoms with Gasteiger partial charge in [0.1, 0.15) is 5.75 Å². The molecule has 2 unspecified atom stereocenters. The molecule has 4 heteroatoms. The van der Waals surface area contributed by atoms with Crippen LogP contribution in [0.15, 0.2) is 12.1 Å². The molecule has 1 fully saturated rings. The normalized spacial score (nSPS) is 26.0. The van der Waals surface area contributed by atoms with Crippen molar-refractivity contribution in [2.24, 2.45) is 5.92 Å². The molecule has 3 rings (SSSR count). The van der Waals surface area contributed by atoms with Crippen LogP contribution in [0.5, 0.6) is 5.75 Å². The summed E-state index contributed by atoms with van der Waals surface area (Å²) in [7, 11) is 1.64. The van der Waals surface area contributed by atoms with Gasteiger partial charge in [0.05, 0.1) is 18.7 Å². The number of rotatable bonds is 1. The first-order valence-electron chi connectivity index (χ1n) is 6.41. The van der Waals surface area contributed by atoms with Gasteiger partial charge in [-0.1, -0.05) is 6.07 Å². The second-order valence-electron chi connectivity index (χ2n) is 5.07. The summed E-state index contributed by atoms with van der Waals surface area (Å²) < 4.78 is 5.37. The Labute approximate surface area is 107 Å². The monoisotopic (exact) mass is 246 g/mol. The molecule has 96 valence electrons. The average molecular weight is 246 g/mol. The van der Waals surface area contributed by atoms with Crippen LogP contribution < -0.4 is 15.4 Å². The second kappa shape index (κ2) is 4.28. The SMILES string of the molecule is COc1ccc(C)c2c1NC(=O)C1CNCCC21. The Morgan fingerprint density at radius 2 is 2.17 bits per heavy atom. The van der Waals surface area contributed by atoms with Gasteiger partial charge in [0.15, 0.2) is 0 Å². The van der Waals surface area contributed by atoms with Crippen LogP contribution in [0.3, 0.4) is 0 Å². The third kappa shape index (κ3) is 1.60. The molecule has 1 amide bonds. The number of aryl methyl sites for hydroxylation is 1. The molecular weight excluding hydrogens is 228 g/mol. The fourth-order valence-corrected chi connectivity index (χ4v) is 3.18. The zero-order valence-electron chi connectivity index (χ0n) is 10.7. The topological polar surface area (TPSA) is 50.4 Å². The smallest absolute Gasteiger partial charge is 0.229 e. The molecule has 0 spiro atoms. The van der Waals surface area contributed by atoms with Crippen molar-refractivity contribution in [3.63, 3.8) is 0 Å². The Bertz CT molecular complexity index is 499. The van der Waals surface area contributed by atoms with Crippen LogP contribution in [-0.2, 0) is 4.79 Å². The highest BCUT2D eigenvalue weighted by Crippen LogP contribution is 2.45. The first-order valence-corrected chi connectivity index (χ1v) is 6.41. The third-order valence-electron chi connectivity index (χ3n) is 4.08. The van der Waals surface area contributed by atoms with E-state index in [0.29, 0.717) is 5.92 Å². The maximum absolute atomic E-state index is 12.2. The Morgan fingerprint density at radius 1 is 1.33 bits per heavy atom. The Kier molecular flexibility index (Phi) is 2.74. The Balaban J connectivity index is 2.15. The van der Waals surface area contributed by atoms with Crippen molar-refractivity contribution in [2.75, 3.05) is 25.5 Å². The zero-order chi connectivity index (χ0) is 12.7. The third-order valence-corrected chi connectivity index (χ3v) is 4.08. The minimum atomic E-state index is 0.0528. The molecule has 2 aliphatic heterocycles. The number of nitrogens with one attached hydrogen (secondary N) is 2. The van der Waals surface area contributed by atoms with Crippen LogP contribution in [0.2, 0.25) is 0 Å². The van der Waals surface area contributed by atoms with Gasteiger partial charge < -0.3 is 15.4 Å². The van der Waals surface area contributed by atoms with Gasteiger partial charge in [-0.25, -0.2) is 0 Å². The largest absolute Gasteiger partial charge is 0.495 e. The van der Waals surface area contributed by atoms with Gasteiger partial charge in [-0.3, -0.25) is 4.79 Å². The molecule has 0 saturated carbocycles. The highest BCUT2D eigenvalue weighted by molar-refractivity contribution is 5.98. The lowest BCUT2D eigenvalue weighted by Gasteiger charge is -2.38. The number of hydrogen-bond acceptors (Lipinski definition) is 3. The molecule has 4 nitrogen and oxygen atoms in total. The molecule has 2 aliphatic rings. The Morgan fingerprint density at radius 3 is 2.94 bits per heavy atom. The lowest BCUT2D eigenvalue weighted by atomic mass is 9.75. The second-order valence-corrected chi connectivity index (χ2v) is 5.07. The van der Waals surface area contributed by atoms with E-state index in [-0.39, 0.29) is 11.8 Å². The van der Waals surface area contributed by atoms with Gasteiger partial charge in [0.2, 0.25) is 5.91 Å². The number of anilines is 1. The number of carbonyl (C=O) groups excluding carboxylic acids is 1. The van der Waals surface area contributed by atoms with Gasteiger partial charge in [-0.2, -0.15) is 0 Å². The van der Waals surface area contributed by atoms with Crippen LogP contribution in [-0.4, -0.2) is 26.1 Å². The zero-order valence-corrected chi connectivity index (χ0v) is 10.7. The average Bonchev–Trinajstić information content (AvgIpc) is 2.39. The van der Waals surface area contributed by atoms with Crippen LogP contribution >= 0.6 is 0 Å². The molecule has 2 heterocycles. The quantitative estimate of drug-likeness (QED) is 0.792. The van der Waals surface area contributed by atoms with Crippen LogP contribution in [0.25, 0.3) is 0 Å². The van der Waals surface area contributed by atoms with E-state index >= 15 is 0 Å². The number of amides is 1. The summed E-state index contributed by atoms with van der Waals surface area (Å²) in [6.45, 7) is 3.85. The Hall–Kier alpha value is -1.55. The fraction of sp³-hybridized carbons (Fsp3) is 0.500. The van der Waals surface area contributed by atoms with Crippen LogP contribution in [0, 0.1) is 12.8 Å². The van der Waals surface area contributed by atoms with Gasteiger partial charge in [0, 0.05) is 12.5 Å². The van der Waals surface area contributed by atoms with Crippen molar-refractivity contribution in [2.45, 2.75) is 19.3 Å². The first kappa shape index (κ1) is 11.5. The minimum absolute atomic E-state index is 0.0528. The molecule has 2 atom stereocenters. The molecule has 2 N–H and O–H groups in total. The van der Waals surface area contributed by atoms with E-state index in [4.69, 9.17) is 4.74 Å². The summed E-state index contributed by atoms with van der Waals surface area (Å²) >= 11 is 0. The van der Waals surface area contributed by atoms with Crippen molar-refractivity contribution in [1.29, 1.82) is 0 Å². The van der Waals surface area contributed by atoms with E-state index in [9.17, 15) is 4.79 Å². The lowest BCUT2D eigenvalue weighted by Crippen LogP contribution is -2.45. The van der Waals surface area contributed by atoms with Crippen molar-refractivity contribution in [3.05, 3.63) is 23.3 Å². The van der Waals surface area contributed by atoms with E-state index in [1.807, 2.05) is 6.07 Å². The number of benzene rings is 1. The van der Waals surface area contributed by atoms with Gasteiger partial charge >= 0.3 is 0 Å². The number of methoxy groups -OCH3 is 1. The number of fused-ring (bicyclic) bond motifs is 3. The summed E-state index contributed by atoms with van der Waals surface area (Å²) in [5, 5.41) is 6.32. The summed E-state index contributed by atoms with van der Waals surface area (Å²) in [6, 6.07) is 4.00. The van der Waals surface area contributed by atoms with Crippen LogP contribution in [0.1, 0.15) is 23.5 Å². The number of carbonyl (C=O) groups is 1. The number of ether oxygens (including phenoxy) is 1. The molecule has 0 aliphatic carbocycles. The molecular formula is C14H18N2O2. The lowest BCUT2D eigenvalue weighted by molar-refractivity contribution is -0.121. The predicted molar refractivity (Wildman–Crippen MR) is 70.1 cm³/mol. The van der Waals surface area contributed by atoms with Crippen molar-refractivity contribution in [1.82, 2.24) is 5.32 Å². The standard InChI is InChI=1S/C14H18N2O2/c1-8-3-4-11(18-2)13-12(8)9-5-6-15-7-10(9)14(17)16-13/h3-4,9-10,15H,5-7H2,1-2H3,(H,16,17). The van der Waals surface area contributed by atoms with E-state index < -0.39 is 0 Å². The number of piperidine rings is 1. The maximum Gasteiger partial charge on any atom is 0.229 e. The number of hydrogen-bond donors (Lipinski definition) is 2. The predicted octanol–water partition coefficient (Wildman–Crippen LogP) is 1.65. The molecule has 1 saturated heterocycles. The van der Waals surface area contributed by atoms with Crippen molar-refractivity contribution >= 4 is 11.6 Å². The molecule has 0 radical (unpaired) electrons. The maximum atomic E-state index is 12.2. The minimum Gasteiger partial charge on any atom is -0.495 e. The van der Waals surface area contributed by atoms with Crippen LogP contribution in [0.4, 0.5) is 5.69 Å². The van der Waals surface area contributed by atoms with E-state index in [1.165, 1.54) is 11.1 Å². The highest BCUT2D eigenvalue weighted by Gasteiger charge is 2.39. The van der Waals surface area contributed by atoms with Gasteiger partial charge in [-0.05, 0) is 37.1 Å².